The molecule has 0 aliphatic rings. The van der Waals surface area contributed by atoms with E-state index >= 15 is 0 Å². The minimum atomic E-state index is -0.205. The fourth-order valence-corrected chi connectivity index (χ4v) is 4.44. The van der Waals surface area contributed by atoms with Crippen molar-refractivity contribution in [1.29, 1.82) is 0 Å². The highest BCUT2D eigenvalue weighted by Gasteiger charge is 2.26. The Morgan fingerprint density at radius 1 is 0.949 bits per heavy atom. The average Bonchev–Trinajstić information content (AvgIpc) is 3.40. The Morgan fingerprint density at radius 3 is 2.36 bits per heavy atom. The lowest BCUT2D eigenvalue weighted by atomic mass is 10.1. The summed E-state index contributed by atoms with van der Waals surface area (Å²) in [5.74, 6) is 1.12. The molecule has 0 fully saturated rings. The van der Waals surface area contributed by atoms with Gasteiger partial charge in [-0.1, -0.05) is 25.1 Å². The second-order valence-electron chi connectivity index (χ2n) is 9.56. The quantitative estimate of drug-likeness (QED) is 0.260. The van der Waals surface area contributed by atoms with Crippen LogP contribution in [0.1, 0.15) is 48.3 Å². The first kappa shape index (κ1) is 29.8. The molecule has 1 aromatic heterocycles. The molecule has 0 bridgehead atoms. The molecule has 2 aromatic carbocycles. The number of hydrogen-bond donors (Lipinski definition) is 0. The maximum absolute atomic E-state index is 13.8. The van der Waals surface area contributed by atoms with E-state index in [1.54, 1.807) is 50.5 Å². The zero-order valence-electron chi connectivity index (χ0n) is 23.8. The predicted molar refractivity (Wildman–Crippen MR) is 152 cm³/mol. The highest BCUT2D eigenvalue weighted by molar-refractivity contribution is 5.96. The van der Waals surface area contributed by atoms with Gasteiger partial charge in [0.15, 0.2) is 0 Å². The van der Waals surface area contributed by atoms with Gasteiger partial charge in [0.2, 0.25) is 5.91 Å². The summed E-state index contributed by atoms with van der Waals surface area (Å²) in [6, 6.07) is 19.0. The Kier molecular flexibility index (Phi) is 11.4. The number of benzene rings is 2. The lowest BCUT2D eigenvalue weighted by Crippen LogP contribution is -2.46. The van der Waals surface area contributed by atoms with Crippen LogP contribution in [0.15, 0.2) is 66.9 Å². The van der Waals surface area contributed by atoms with Gasteiger partial charge in [0.1, 0.15) is 18.0 Å². The van der Waals surface area contributed by atoms with Crippen molar-refractivity contribution in [2.45, 2.75) is 45.8 Å². The molecule has 0 N–H and O–H groups in total. The normalized spacial score (nSPS) is 11.6. The summed E-state index contributed by atoms with van der Waals surface area (Å²) in [4.78, 5) is 30.7. The molecule has 3 rings (SSSR count). The number of amides is 2. The third kappa shape index (κ3) is 8.35. The fraction of sp³-hybridized carbons (Fsp3) is 0.419. The first-order valence-corrected chi connectivity index (χ1v) is 13.4. The summed E-state index contributed by atoms with van der Waals surface area (Å²) in [5, 5.41) is 0. The van der Waals surface area contributed by atoms with Gasteiger partial charge < -0.3 is 28.6 Å². The van der Waals surface area contributed by atoms with Gasteiger partial charge in [0.25, 0.3) is 5.91 Å². The molecule has 8 heteroatoms. The summed E-state index contributed by atoms with van der Waals surface area (Å²) in [6.07, 6.45) is 3.46. The van der Waals surface area contributed by atoms with E-state index in [9.17, 15) is 9.59 Å². The van der Waals surface area contributed by atoms with Gasteiger partial charge >= 0.3 is 0 Å². The molecule has 210 valence electrons. The number of carbonyl (C=O) groups is 2. The molecule has 0 saturated carbocycles. The molecule has 0 aliphatic carbocycles. The molecule has 1 unspecified atom stereocenters. The Labute approximate surface area is 232 Å². The molecule has 3 aromatic rings. The van der Waals surface area contributed by atoms with Crippen LogP contribution in [0.4, 0.5) is 0 Å². The molecule has 39 heavy (non-hydrogen) atoms. The molecule has 8 nitrogen and oxygen atoms in total. The van der Waals surface area contributed by atoms with Crippen LogP contribution in [-0.4, -0.2) is 73.2 Å². The summed E-state index contributed by atoms with van der Waals surface area (Å²) in [7, 11) is 4.86. The molecule has 0 radical (unpaired) electrons. The van der Waals surface area contributed by atoms with E-state index in [1.807, 2.05) is 48.4 Å². The number of nitrogens with zero attached hydrogens (tertiary/aromatic N) is 3. The van der Waals surface area contributed by atoms with Gasteiger partial charge in [-0.15, -0.1) is 0 Å². The van der Waals surface area contributed by atoms with E-state index in [0.29, 0.717) is 44.0 Å². The van der Waals surface area contributed by atoms with Crippen LogP contribution < -0.4 is 9.47 Å². The molecule has 0 aliphatic heterocycles. The first-order valence-electron chi connectivity index (χ1n) is 13.4. The monoisotopic (exact) mass is 535 g/mol. The van der Waals surface area contributed by atoms with Crippen LogP contribution >= 0.6 is 0 Å². The van der Waals surface area contributed by atoms with Gasteiger partial charge in [-0.2, -0.15) is 0 Å². The van der Waals surface area contributed by atoms with Crippen molar-refractivity contribution in [2.75, 3.05) is 41.0 Å². The van der Waals surface area contributed by atoms with Crippen molar-refractivity contribution in [3.8, 4) is 11.5 Å². The number of ether oxygens (including phenoxy) is 3. The highest BCUT2D eigenvalue weighted by Crippen LogP contribution is 2.19. The van der Waals surface area contributed by atoms with Gasteiger partial charge in [-0.25, -0.2) is 0 Å². The Hall–Kier alpha value is -3.78. The van der Waals surface area contributed by atoms with E-state index in [1.165, 1.54) is 0 Å². The van der Waals surface area contributed by atoms with E-state index in [2.05, 4.69) is 17.6 Å². The molecule has 0 spiro atoms. The molecule has 2 amide bonds. The molecule has 1 heterocycles. The summed E-state index contributed by atoms with van der Waals surface area (Å²) < 4.78 is 18.0. The van der Waals surface area contributed by atoms with E-state index < -0.39 is 0 Å². The Bertz CT molecular complexity index is 1210. The highest BCUT2D eigenvalue weighted by atomic mass is 16.5. The second-order valence-corrected chi connectivity index (χ2v) is 9.56. The predicted octanol–water partition coefficient (Wildman–Crippen LogP) is 4.86. The van der Waals surface area contributed by atoms with E-state index in [0.717, 1.165) is 23.4 Å². The SMILES string of the molecule is CCC(C)N(Cc1cccn1Cc1cccc(OC)c1)C(=O)CN(CCCOC)C(=O)c1cccc(OC)c1. The second kappa shape index (κ2) is 15.0. The summed E-state index contributed by atoms with van der Waals surface area (Å²) >= 11 is 0. The van der Waals surface area contributed by atoms with E-state index in [-0.39, 0.29) is 24.4 Å². The first-order chi connectivity index (χ1) is 18.9. The molecule has 1 atom stereocenters. The van der Waals surface area contributed by atoms with Crippen LogP contribution in [0.5, 0.6) is 11.5 Å². The van der Waals surface area contributed by atoms with Gasteiger partial charge in [-0.05, 0) is 67.8 Å². The van der Waals surface area contributed by atoms with Crippen molar-refractivity contribution in [3.63, 3.8) is 0 Å². The summed E-state index contributed by atoms with van der Waals surface area (Å²) in [6.45, 7) is 6.13. The van der Waals surface area contributed by atoms with Crippen molar-refractivity contribution in [1.82, 2.24) is 14.4 Å². The van der Waals surface area contributed by atoms with Crippen LogP contribution in [0.25, 0.3) is 0 Å². The van der Waals surface area contributed by atoms with E-state index in [4.69, 9.17) is 14.2 Å². The Balaban J connectivity index is 1.80. The Morgan fingerprint density at radius 2 is 1.67 bits per heavy atom. The van der Waals surface area contributed by atoms with Crippen molar-refractivity contribution in [2.24, 2.45) is 0 Å². The lowest BCUT2D eigenvalue weighted by molar-refractivity contribution is -0.134. The largest absolute Gasteiger partial charge is 0.497 e. The van der Waals surface area contributed by atoms with Gasteiger partial charge in [-0.3, -0.25) is 9.59 Å². The standard InChI is InChI=1S/C31H41N3O5/c1-6-24(2)34(22-27-13-9-16-32(27)21-25-11-7-14-28(19-25)38-4)30(35)23-33(17-10-18-37-3)31(36)26-12-8-15-29(20-26)39-5/h7-9,11-16,19-20,24H,6,10,17-18,21-23H2,1-5H3. The number of rotatable bonds is 15. The van der Waals surface area contributed by atoms with Gasteiger partial charge in [0.05, 0.1) is 20.8 Å². The fourth-order valence-electron chi connectivity index (χ4n) is 4.44. The number of hydrogen-bond acceptors (Lipinski definition) is 5. The molecular weight excluding hydrogens is 494 g/mol. The van der Waals surface area contributed by atoms with Gasteiger partial charge in [0, 0.05) is 50.3 Å². The van der Waals surface area contributed by atoms with Crippen LogP contribution in [0.2, 0.25) is 0 Å². The lowest BCUT2D eigenvalue weighted by Gasteiger charge is -2.32. The smallest absolute Gasteiger partial charge is 0.254 e. The minimum Gasteiger partial charge on any atom is -0.497 e. The summed E-state index contributed by atoms with van der Waals surface area (Å²) in [5.41, 5.74) is 2.62. The van der Waals surface area contributed by atoms with Crippen LogP contribution in [0, 0.1) is 0 Å². The number of methoxy groups -OCH3 is 3. The minimum absolute atomic E-state index is 0.00501. The topological polar surface area (TPSA) is 73.2 Å². The van der Waals surface area contributed by atoms with Crippen molar-refractivity contribution >= 4 is 11.8 Å². The third-order valence-electron chi connectivity index (χ3n) is 6.89. The average molecular weight is 536 g/mol. The van der Waals surface area contributed by atoms with Crippen molar-refractivity contribution in [3.05, 3.63) is 83.7 Å². The zero-order valence-corrected chi connectivity index (χ0v) is 23.8. The van der Waals surface area contributed by atoms with Crippen LogP contribution in [0.3, 0.4) is 0 Å². The van der Waals surface area contributed by atoms with Crippen molar-refractivity contribution < 1.29 is 23.8 Å². The zero-order chi connectivity index (χ0) is 28.2. The maximum Gasteiger partial charge on any atom is 0.254 e. The van der Waals surface area contributed by atoms with Crippen LogP contribution in [-0.2, 0) is 22.6 Å². The maximum atomic E-state index is 13.8. The molecular formula is C31H41N3O5. The third-order valence-corrected chi connectivity index (χ3v) is 6.89. The number of carbonyl (C=O) groups excluding carboxylic acids is 2. The number of aromatic nitrogens is 1. The molecule has 0 saturated heterocycles.